The minimum atomic E-state index is -0.281. The second kappa shape index (κ2) is 6.07. The van der Waals surface area contributed by atoms with Gasteiger partial charge in [-0.15, -0.1) is 5.10 Å². The Hall–Kier alpha value is -2.53. The van der Waals surface area contributed by atoms with Crippen LogP contribution in [0.4, 0.5) is 4.39 Å². The number of hydrogen-bond acceptors (Lipinski definition) is 3. The van der Waals surface area contributed by atoms with Crippen molar-refractivity contribution in [1.29, 1.82) is 0 Å². The average Bonchev–Trinajstić information content (AvgIpc) is 2.91. The third kappa shape index (κ3) is 2.89. The Bertz CT molecular complexity index is 781. The summed E-state index contributed by atoms with van der Waals surface area (Å²) in [5.74, 6) is -0.281. The predicted octanol–water partition coefficient (Wildman–Crippen LogP) is 2.93. The van der Waals surface area contributed by atoms with Gasteiger partial charge in [0.05, 0.1) is 18.8 Å². The normalized spacial score (nSPS) is 10.9. The highest BCUT2D eigenvalue weighted by Crippen LogP contribution is 2.23. The van der Waals surface area contributed by atoms with Crippen LogP contribution in [0.25, 0.3) is 11.3 Å². The Morgan fingerprint density at radius 2 is 1.91 bits per heavy atom. The summed E-state index contributed by atoms with van der Waals surface area (Å²) in [5.41, 5.74) is 4.14. The number of halogens is 1. The summed E-state index contributed by atoms with van der Waals surface area (Å²) < 4.78 is 15.0. The second-order valence-corrected chi connectivity index (χ2v) is 5.20. The first-order valence-corrected chi connectivity index (χ1v) is 7.02. The quantitative estimate of drug-likeness (QED) is 0.805. The van der Waals surface area contributed by atoms with Crippen LogP contribution in [0.5, 0.6) is 0 Å². The van der Waals surface area contributed by atoms with E-state index in [4.69, 9.17) is 0 Å². The third-order valence-electron chi connectivity index (χ3n) is 3.50. The molecule has 5 heteroatoms. The molecule has 0 atom stereocenters. The fraction of sp³-hybridized carbons (Fsp3) is 0.176. The molecule has 0 unspecified atom stereocenters. The van der Waals surface area contributed by atoms with Gasteiger partial charge in [0.1, 0.15) is 11.5 Å². The molecular formula is C17H16FN3O. The molecule has 0 radical (unpaired) electrons. The van der Waals surface area contributed by atoms with Gasteiger partial charge in [0.25, 0.3) is 0 Å². The Balaban J connectivity index is 2.02. The first-order chi connectivity index (χ1) is 10.7. The minimum absolute atomic E-state index is 0.188. The number of aromatic nitrogens is 3. The van der Waals surface area contributed by atoms with Gasteiger partial charge in [0.15, 0.2) is 0 Å². The van der Waals surface area contributed by atoms with Crippen molar-refractivity contribution >= 4 is 0 Å². The smallest absolute Gasteiger partial charge is 0.123 e. The Morgan fingerprint density at radius 1 is 1.14 bits per heavy atom. The Kier molecular flexibility index (Phi) is 3.98. The molecule has 0 spiro atoms. The summed E-state index contributed by atoms with van der Waals surface area (Å²) in [7, 11) is 0. The number of rotatable bonds is 4. The van der Waals surface area contributed by atoms with Crippen molar-refractivity contribution in [3.63, 3.8) is 0 Å². The van der Waals surface area contributed by atoms with Gasteiger partial charge in [-0.1, -0.05) is 47.2 Å². The summed E-state index contributed by atoms with van der Waals surface area (Å²) in [6.07, 6.45) is 0. The maximum Gasteiger partial charge on any atom is 0.123 e. The molecule has 1 aromatic heterocycles. The van der Waals surface area contributed by atoms with Crippen LogP contribution in [0, 0.1) is 12.7 Å². The molecular weight excluding hydrogens is 281 g/mol. The van der Waals surface area contributed by atoms with E-state index in [2.05, 4.69) is 10.3 Å². The van der Waals surface area contributed by atoms with E-state index in [1.165, 1.54) is 12.1 Å². The SMILES string of the molecule is Cc1ccc(-c2c(CO)nnn2Cc2cccc(F)c2)cc1. The molecule has 22 heavy (non-hydrogen) atoms. The summed E-state index contributed by atoms with van der Waals surface area (Å²) >= 11 is 0. The minimum Gasteiger partial charge on any atom is -0.390 e. The number of nitrogens with zero attached hydrogens (tertiary/aromatic N) is 3. The fourth-order valence-corrected chi connectivity index (χ4v) is 2.40. The Labute approximate surface area is 127 Å². The standard InChI is InChI=1S/C17H16FN3O/c1-12-5-7-14(8-6-12)17-16(11-22)19-20-21(17)10-13-3-2-4-15(18)9-13/h2-9,22H,10-11H2,1H3. The summed E-state index contributed by atoms with van der Waals surface area (Å²) in [4.78, 5) is 0. The first-order valence-electron chi connectivity index (χ1n) is 7.02. The molecule has 0 saturated carbocycles. The lowest BCUT2D eigenvalue weighted by atomic mass is 10.1. The monoisotopic (exact) mass is 297 g/mol. The molecule has 4 nitrogen and oxygen atoms in total. The molecule has 0 aliphatic rings. The van der Waals surface area contributed by atoms with E-state index in [0.29, 0.717) is 12.2 Å². The van der Waals surface area contributed by atoms with Gasteiger partial charge in [-0.25, -0.2) is 9.07 Å². The van der Waals surface area contributed by atoms with Crippen LogP contribution >= 0.6 is 0 Å². The summed E-state index contributed by atoms with van der Waals surface area (Å²) in [6.45, 7) is 2.22. The molecule has 0 amide bonds. The zero-order valence-electron chi connectivity index (χ0n) is 12.2. The number of benzene rings is 2. The topological polar surface area (TPSA) is 50.9 Å². The summed E-state index contributed by atoms with van der Waals surface area (Å²) in [6, 6.07) is 14.3. The van der Waals surface area contributed by atoms with Gasteiger partial charge in [-0.05, 0) is 24.6 Å². The zero-order chi connectivity index (χ0) is 15.5. The van der Waals surface area contributed by atoms with Gasteiger partial charge < -0.3 is 5.11 Å². The van der Waals surface area contributed by atoms with Gasteiger partial charge in [0, 0.05) is 5.56 Å². The van der Waals surface area contributed by atoms with Crippen molar-refractivity contribution in [1.82, 2.24) is 15.0 Å². The molecule has 1 heterocycles. The van der Waals surface area contributed by atoms with Crippen LogP contribution in [0.15, 0.2) is 48.5 Å². The third-order valence-corrected chi connectivity index (χ3v) is 3.50. The average molecular weight is 297 g/mol. The molecule has 3 rings (SSSR count). The lowest BCUT2D eigenvalue weighted by Gasteiger charge is -2.08. The molecule has 0 saturated heterocycles. The van der Waals surface area contributed by atoms with Gasteiger partial charge >= 0.3 is 0 Å². The molecule has 1 N–H and O–H groups in total. The van der Waals surface area contributed by atoms with E-state index < -0.39 is 0 Å². The number of hydrogen-bond donors (Lipinski definition) is 1. The first kappa shape index (κ1) is 14.4. The van der Waals surface area contributed by atoms with Gasteiger partial charge in [-0.2, -0.15) is 0 Å². The van der Waals surface area contributed by atoms with E-state index in [-0.39, 0.29) is 12.4 Å². The maximum absolute atomic E-state index is 13.3. The highest BCUT2D eigenvalue weighted by atomic mass is 19.1. The second-order valence-electron chi connectivity index (χ2n) is 5.20. The van der Waals surface area contributed by atoms with Crippen LogP contribution in [0.1, 0.15) is 16.8 Å². The van der Waals surface area contributed by atoms with Crippen molar-refractivity contribution in [3.05, 3.63) is 71.2 Å². The fourth-order valence-electron chi connectivity index (χ4n) is 2.40. The lowest BCUT2D eigenvalue weighted by molar-refractivity contribution is 0.277. The molecule has 0 bridgehead atoms. The van der Waals surface area contributed by atoms with Crippen molar-refractivity contribution in [2.45, 2.75) is 20.1 Å². The van der Waals surface area contributed by atoms with Gasteiger partial charge in [-0.3, -0.25) is 0 Å². The number of aliphatic hydroxyl groups is 1. The highest BCUT2D eigenvalue weighted by molar-refractivity contribution is 5.62. The van der Waals surface area contributed by atoms with E-state index in [1.807, 2.05) is 37.3 Å². The zero-order valence-corrected chi connectivity index (χ0v) is 12.2. The molecule has 0 fully saturated rings. The van der Waals surface area contributed by atoms with Crippen LogP contribution < -0.4 is 0 Å². The maximum atomic E-state index is 13.3. The van der Waals surface area contributed by atoms with Crippen LogP contribution in [0.2, 0.25) is 0 Å². The Morgan fingerprint density at radius 3 is 2.59 bits per heavy atom. The van der Waals surface area contributed by atoms with E-state index >= 15 is 0 Å². The molecule has 112 valence electrons. The summed E-state index contributed by atoms with van der Waals surface area (Å²) in [5, 5.41) is 17.6. The van der Waals surface area contributed by atoms with E-state index in [1.54, 1.807) is 10.7 Å². The van der Waals surface area contributed by atoms with Crippen LogP contribution in [-0.4, -0.2) is 20.1 Å². The lowest BCUT2D eigenvalue weighted by Crippen LogP contribution is -2.05. The molecule has 0 aliphatic heterocycles. The van der Waals surface area contributed by atoms with E-state index in [0.717, 1.165) is 22.4 Å². The molecule has 2 aromatic carbocycles. The van der Waals surface area contributed by atoms with E-state index in [9.17, 15) is 9.50 Å². The molecule has 3 aromatic rings. The van der Waals surface area contributed by atoms with Crippen LogP contribution in [-0.2, 0) is 13.2 Å². The van der Waals surface area contributed by atoms with Crippen molar-refractivity contribution in [2.24, 2.45) is 0 Å². The molecule has 0 aliphatic carbocycles. The number of aliphatic hydroxyl groups excluding tert-OH is 1. The van der Waals surface area contributed by atoms with Crippen molar-refractivity contribution < 1.29 is 9.50 Å². The van der Waals surface area contributed by atoms with Gasteiger partial charge in [0.2, 0.25) is 0 Å². The largest absolute Gasteiger partial charge is 0.390 e. The predicted molar refractivity (Wildman–Crippen MR) is 81.6 cm³/mol. The van der Waals surface area contributed by atoms with Crippen molar-refractivity contribution in [2.75, 3.05) is 0 Å². The highest BCUT2D eigenvalue weighted by Gasteiger charge is 2.14. The van der Waals surface area contributed by atoms with Crippen molar-refractivity contribution in [3.8, 4) is 11.3 Å². The van der Waals surface area contributed by atoms with Crippen LogP contribution in [0.3, 0.4) is 0 Å². The number of aryl methyl sites for hydroxylation is 1.